The van der Waals surface area contributed by atoms with Crippen molar-refractivity contribution in [2.24, 2.45) is 11.8 Å². The quantitative estimate of drug-likeness (QED) is 0.834. The van der Waals surface area contributed by atoms with Crippen molar-refractivity contribution in [2.75, 3.05) is 26.0 Å². The molecule has 26 heavy (non-hydrogen) atoms. The molecular formula is C20H27FN2O3. The summed E-state index contributed by atoms with van der Waals surface area (Å²) in [6, 6.07) is 3.75. The molecule has 1 amide bonds. The van der Waals surface area contributed by atoms with E-state index in [1.165, 1.54) is 51.3 Å². The van der Waals surface area contributed by atoms with Crippen molar-refractivity contribution in [1.82, 2.24) is 4.90 Å². The number of anilines is 1. The Morgan fingerprint density at radius 2 is 1.92 bits per heavy atom. The summed E-state index contributed by atoms with van der Waals surface area (Å²) in [4.78, 5) is 26.5. The van der Waals surface area contributed by atoms with E-state index >= 15 is 0 Å². The maximum Gasteiger partial charge on any atom is 0.337 e. The summed E-state index contributed by atoms with van der Waals surface area (Å²) in [5.74, 6) is -0.482. The first-order chi connectivity index (χ1) is 12.5. The molecule has 1 saturated heterocycles. The van der Waals surface area contributed by atoms with Gasteiger partial charge in [0.1, 0.15) is 5.82 Å². The monoisotopic (exact) mass is 362 g/mol. The molecule has 2 unspecified atom stereocenters. The molecule has 6 heteroatoms. The van der Waals surface area contributed by atoms with E-state index in [9.17, 15) is 14.0 Å². The van der Waals surface area contributed by atoms with Crippen LogP contribution in [0.1, 0.15) is 48.9 Å². The highest BCUT2D eigenvalue weighted by molar-refractivity contribution is 5.96. The van der Waals surface area contributed by atoms with Crippen LogP contribution >= 0.6 is 0 Å². The van der Waals surface area contributed by atoms with Gasteiger partial charge in [-0.1, -0.05) is 32.1 Å². The molecular weight excluding hydrogens is 335 g/mol. The number of benzene rings is 1. The summed E-state index contributed by atoms with van der Waals surface area (Å²) in [6.07, 6.45) is 7.15. The highest BCUT2D eigenvalue weighted by Gasteiger charge is 2.41. The topological polar surface area (TPSA) is 58.6 Å². The Kier molecular flexibility index (Phi) is 5.91. The molecule has 2 fully saturated rings. The number of likely N-dealkylation sites (N-methyl/N-ethyl adjacent to an activating group) is 1. The number of carbonyl (C=O) groups excluding carboxylic acids is 2. The normalized spacial score (nSPS) is 24.4. The van der Waals surface area contributed by atoms with E-state index in [2.05, 4.69) is 15.0 Å². The number of esters is 1. The third kappa shape index (κ3) is 3.90. The Balaban J connectivity index is 1.72. The second-order valence-corrected chi connectivity index (χ2v) is 7.45. The van der Waals surface area contributed by atoms with Crippen LogP contribution in [-0.4, -0.2) is 43.5 Å². The van der Waals surface area contributed by atoms with Gasteiger partial charge in [0.15, 0.2) is 0 Å². The number of amides is 1. The third-order valence-corrected chi connectivity index (χ3v) is 5.87. The number of nitrogens with one attached hydrogen (secondary N) is 1. The lowest BCUT2D eigenvalue weighted by atomic mass is 9.76. The van der Waals surface area contributed by atoms with Crippen molar-refractivity contribution < 1.29 is 18.7 Å². The Morgan fingerprint density at radius 1 is 1.19 bits per heavy atom. The van der Waals surface area contributed by atoms with Gasteiger partial charge in [0.2, 0.25) is 5.91 Å². The van der Waals surface area contributed by atoms with Crippen molar-refractivity contribution in [3.05, 3.63) is 29.6 Å². The van der Waals surface area contributed by atoms with E-state index in [-0.39, 0.29) is 23.2 Å². The average Bonchev–Trinajstić information content (AvgIpc) is 3.05. The first-order valence-corrected chi connectivity index (χ1v) is 9.40. The van der Waals surface area contributed by atoms with Crippen molar-refractivity contribution in [3.63, 3.8) is 0 Å². The van der Waals surface area contributed by atoms with E-state index in [0.717, 1.165) is 19.0 Å². The highest BCUT2D eigenvalue weighted by Crippen LogP contribution is 2.38. The van der Waals surface area contributed by atoms with Crippen molar-refractivity contribution in [1.29, 1.82) is 0 Å². The summed E-state index contributed by atoms with van der Waals surface area (Å²) in [5.41, 5.74) is 0.228. The van der Waals surface area contributed by atoms with Gasteiger partial charge < -0.3 is 10.1 Å². The maximum absolute atomic E-state index is 14.3. The lowest BCUT2D eigenvalue weighted by Gasteiger charge is -2.32. The van der Waals surface area contributed by atoms with E-state index in [0.29, 0.717) is 11.8 Å². The lowest BCUT2D eigenvalue weighted by molar-refractivity contribution is -0.121. The van der Waals surface area contributed by atoms with Crippen LogP contribution in [0.15, 0.2) is 18.2 Å². The van der Waals surface area contributed by atoms with Gasteiger partial charge in [-0.05, 0) is 50.0 Å². The van der Waals surface area contributed by atoms with Gasteiger partial charge in [0, 0.05) is 0 Å². The molecule has 0 bridgehead atoms. The molecule has 1 aliphatic carbocycles. The fraction of sp³-hybridized carbons (Fsp3) is 0.600. The minimum absolute atomic E-state index is 0.102. The number of hydrogen-bond acceptors (Lipinski definition) is 4. The minimum Gasteiger partial charge on any atom is -0.465 e. The number of hydrogen-bond donors (Lipinski definition) is 1. The Bertz CT molecular complexity index is 673. The zero-order chi connectivity index (χ0) is 18.7. The van der Waals surface area contributed by atoms with Gasteiger partial charge in [-0.25, -0.2) is 9.18 Å². The van der Waals surface area contributed by atoms with Gasteiger partial charge in [0.05, 0.1) is 24.4 Å². The molecule has 0 aromatic heterocycles. The number of halogens is 1. The smallest absolute Gasteiger partial charge is 0.337 e. The number of methoxy groups -OCH3 is 1. The minimum atomic E-state index is -0.629. The molecule has 1 heterocycles. The first kappa shape index (κ1) is 18.8. The fourth-order valence-electron chi connectivity index (χ4n) is 4.49. The molecule has 5 nitrogen and oxygen atoms in total. The van der Waals surface area contributed by atoms with Crippen LogP contribution in [0.3, 0.4) is 0 Å². The van der Waals surface area contributed by atoms with E-state index in [1.54, 1.807) is 0 Å². The van der Waals surface area contributed by atoms with Crippen molar-refractivity contribution in [2.45, 2.75) is 44.6 Å². The van der Waals surface area contributed by atoms with Crippen LogP contribution in [0.25, 0.3) is 0 Å². The van der Waals surface area contributed by atoms with Crippen LogP contribution in [0.5, 0.6) is 0 Å². The van der Waals surface area contributed by atoms with Gasteiger partial charge in [0.25, 0.3) is 0 Å². The third-order valence-electron chi connectivity index (χ3n) is 5.87. The SMILES string of the molecule is COC(=O)c1ccc(NC(=O)C2C(C3CCCCC3)CCN2C)c(F)c1. The molecule has 1 saturated carbocycles. The van der Waals surface area contributed by atoms with Gasteiger partial charge in [-0.2, -0.15) is 0 Å². The molecule has 142 valence electrons. The number of likely N-dealkylation sites (tertiary alicyclic amines) is 1. The average molecular weight is 362 g/mol. The molecule has 1 aromatic rings. The fourth-order valence-corrected chi connectivity index (χ4v) is 4.49. The predicted molar refractivity (Wildman–Crippen MR) is 97.5 cm³/mol. The molecule has 0 radical (unpaired) electrons. The van der Waals surface area contributed by atoms with Gasteiger partial charge in [-0.3, -0.25) is 9.69 Å². The van der Waals surface area contributed by atoms with Crippen LogP contribution in [0.4, 0.5) is 10.1 Å². The van der Waals surface area contributed by atoms with Crippen LogP contribution in [0.2, 0.25) is 0 Å². The summed E-state index contributed by atoms with van der Waals surface area (Å²) in [5, 5.41) is 2.73. The molecule has 3 rings (SSSR count). The molecule has 1 aliphatic heterocycles. The Morgan fingerprint density at radius 3 is 2.58 bits per heavy atom. The largest absolute Gasteiger partial charge is 0.465 e. The molecule has 2 aliphatic rings. The molecule has 0 spiro atoms. The van der Waals surface area contributed by atoms with E-state index < -0.39 is 11.8 Å². The van der Waals surface area contributed by atoms with E-state index in [4.69, 9.17) is 0 Å². The predicted octanol–water partition coefficient (Wildman–Crippen LogP) is 3.45. The van der Waals surface area contributed by atoms with Crippen LogP contribution < -0.4 is 5.32 Å². The van der Waals surface area contributed by atoms with Crippen molar-refractivity contribution >= 4 is 17.6 Å². The summed E-state index contributed by atoms with van der Waals surface area (Å²) in [6.45, 7) is 0.892. The number of carbonyl (C=O) groups is 2. The second-order valence-electron chi connectivity index (χ2n) is 7.45. The summed E-state index contributed by atoms with van der Waals surface area (Å²) >= 11 is 0. The molecule has 1 N–H and O–H groups in total. The first-order valence-electron chi connectivity index (χ1n) is 9.40. The van der Waals surface area contributed by atoms with Crippen LogP contribution in [0, 0.1) is 17.7 Å². The zero-order valence-electron chi connectivity index (χ0n) is 15.5. The summed E-state index contributed by atoms with van der Waals surface area (Å²) < 4.78 is 18.9. The highest BCUT2D eigenvalue weighted by atomic mass is 19.1. The van der Waals surface area contributed by atoms with Gasteiger partial charge >= 0.3 is 5.97 Å². The number of rotatable bonds is 4. The van der Waals surface area contributed by atoms with E-state index in [1.807, 2.05) is 7.05 Å². The summed E-state index contributed by atoms with van der Waals surface area (Å²) in [7, 11) is 3.21. The lowest BCUT2D eigenvalue weighted by Crippen LogP contribution is -2.43. The standard InChI is InChI=1S/C20H27FN2O3/c1-23-11-10-15(13-6-4-3-5-7-13)18(23)19(24)22-17-9-8-14(12-16(17)21)20(25)26-2/h8-9,12-13,15,18H,3-7,10-11H2,1-2H3,(H,22,24). The van der Waals surface area contributed by atoms with Crippen molar-refractivity contribution in [3.8, 4) is 0 Å². The number of ether oxygens (including phenoxy) is 1. The maximum atomic E-state index is 14.3. The molecule has 2 atom stereocenters. The van der Waals surface area contributed by atoms with Crippen LogP contribution in [-0.2, 0) is 9.53 Å². The number of nitrogens with zero attached hydrogens (tertiary/aromatic N) is 1. The zero-order valence-corrected chi connectivity index (χ0v) is 15.5. The Hall–Kier alpha value is -1.95. The second kappa shape index (κ2) is 8.16. The van der Waals surface area contributed by atoms with Gasteiger partial charge in [-0.15, -0.1) is 0 Å². The Labute approximate surface area is 153 Å². The molecule has 1 aromatic carbocycles.